The van der Waals surface area contributed by atoms with Crippen LogP contribution in [0.15, 0.2) is 47.8 Å². The molecule has 0 aliphatic heterocycles. The second kappa shape index (κ2) is 8.91. The lowest BCUT2D eigenvalue weighted by Crippen LogP contribution is -2.11. The van der Waals surface area contributed by atoms with Gasteiger partial charge in [0.1, 0.15) is 10.5 Å². The van der Waals surface area contributed by atoms with E-state index in [1.54, 1.807) is 31.2 Å². The Bertz CT molecular complexity index is 1360. The van der Waals surface area contributed by atoms with E-state index in [1.807, 2.05) is 5.38 Å². The number of carbonyl (C=O) groups excluding carboxylic acids is 2. The van der Waals surface area contributed by atoms with E-state index in [2.05, 4.69) is 19.4 Å². The Kier molecular flexibility index (Phi) is 6.17. The van der Waals surface area contributed by atoms with Crippen LogP contribution in [-0.2, 0) is 17.4 Å². The van der Waals surface area contributed by atoms with E-state index in [1.165, 1.54) is 24.3 Å². The first-order valence-electron chi connectivity index (χ1n) is 9.73. The second-order valence-corrected chi connectivity index (χ2v) is 9.64. The summed E-state index contributed by atoms with van der Waals surface area (Å²) in [6, 6.07) is 10.2. The summed E-state index contributed by atoms with van der Waals surface area (Å²) in [7, 11) is -0.750. The summed E-state index contributed by atoms with van der Waals surface area (Å²) >= 11 is 1.22. The first-order chi connectivity index (χ1) is 15.6. The number of benzene rings is 2. The van der Waals surface area contributed by atoms with Crippen LogP contribution in [0.4, 0.5) is 18.2 Å². The van der Waals surface area contributed by atoms with Gasteiger partial charge in [-0.2, -0.15) is 13.2 Å². The molecule has 0 radical (unpaired) electrons. The molecule has 0 aliphatic rings. The van der Waals surface area contributed by atoms with Gasteiger partial charge in [0, 0.05) is 18.9 Å². The third-order valence-electron chi connectivity index (χ3n) is 4.65. The van der Waals surface area contributed by atoms with Crippen molar-refractivity contribution in [2.24, 2.45) is 0 Å². The topological polar surface area (TPSA) is 84.0 Å². The summed E-state index contributed by atoms with van der Waals surface area (Å²) in [5.74, 6) is -0.539. The maximum Gasteiger partial charge on any atom is 0.416 e. The lowest BCUT2D eigenvalue weighted by Gasteiger charge is -2.07. The molecule has 4 aromatic rings. The molecule has 2 N–H and O–H groups in total. The molecule has 0 fully saturated rings. The predicted octanol–water partition coefficient (Wildman–Crippen LogP) is 5.70. The number of halogens is 3. The van der Waals surface area contributed by atoms with Crippen LogP contribution in [0.1, 0.15) is 39.1 Å². The van der Waals surface area contributed by atoms with Crippen LogP contribution in [0.2, 0.25) is 0 Å². The number of rotatable bonds is 5. The van der Waals surface area contributed by atoms with Gasteiger partial charge in [0.15, 0.2) is 0 Å². The van der Waals surface area contributed by atoms with Crippen LogP contribution >= 0.6 is 22.2 Å². The highest BCUT2D eigenvalue weighted by molar-refractivity contribution is 7.28. The number of hydrogen-bond acceptors (Lipinski definition) is 5. The molecule has 4 rings (SSSR count). The summed E-state index contributed by atoms with van der Waals surface area (Å²) in [5, 5.41) is 6.61. The number of nitrogens with one attached hydrogen (secondary N) is 2. The molecule has 0 aliphatic carbocycles. The second-order valence-electron chi connectivity index (χ2n) is 7.31. The van der Waals surface area contributed by atoms with Crippen molar-refractivity contribution >= 4 is 49.9 Å². The summed E-state index contributed by atoms with van der Waals surface area (Å²) in [4.78, 5) is 28.4. The van der Waals surface area contributed by atoms with E-state index in [0.717, 1.165) is 17.5 Å². The maximum absolute atomic E-state index is 13.0. The number of carbonyl (C=O) groups is 2. The predicted molar refractivity (Wildman–Crippen MR) is 123 cm³/mol. The molecule has 0 saturated heterocycles. The molecule has 2 amide bonds. The van der Waals surface area contributed by atoms with Gasteiger partial charge in [0.2, 0.25) is 16.2 Å². The number of aromatic nitrogens is 2. The van der Waals surface area contributed by atoms with E-state index in [9.17, 15) is 22.8 Å². The molecule has 33 heavy (non-hydrogen) atoms. The Morgan fingerprint density at radius 3 is 2.67 bits per heavy atom. The number of anilines is 1. The van der Waals surface area contributed by atoms with E-state index in [-0.39, 0.29) is 18.2 Å². The molecule has 2 aromatic carbocycles. The van der Waals surface area contributed by atoms with Crippen molar-refractivity contribution < 1.29 is 22.8 Å². The first kappa shape index (κ1) is 22.9. The van der Waals surface area contributed by atoms with Gasteiger partial charge >= 0.3 is 6.18 Å². The van der Waals surface area contributed by atoms with Crippen LogP contribution < -0.4 is 10.0 Å². The molecule has 0 spiro atoms. The number of nitrogens with zero attached hydrogens (tertiary/aromatic N) is 2. The Balaban J connectivity index is 1.49. The zero-order chi connectivity index (χ0) is 23.8. The van der Waals surface area contributed by atoms with Crippen LogP contribution in [0, 0.1) is 6.92 Å². The maximum atomic E-state index is 13.0. The minimum absolute atomic E-state index is 0.189. The summed E-state index contributed by atoms with van der Waals surface area (Å²) in [6.45, 7) is 3.14. The molecule has 11 heteroatoms. The molecule has 2 heterocycles. The van der Waals surface area contributed by atoms with Gasteiger partial charge in [-0.1, -0.05) is 18.2 Å². The third kappa shape index (κ3) is 5.37. The van der Waals surface area contributed by atoms with Crippen molar-refractivity contribution in [2.45, 2.75) is 26.4 Å². The van der Waals surface area contributed by atoms with Gasteiger partial charge in [-0.15, -0.1) is 16.1 Å². The highest BCUT2D eigenvalue weighted by Gasteiger charge is 2.30. The average molecular weight is 492 g/mol. The summed E-state index contributed by atoms with van der Waals surface area (Å²) < 4.78 is 46.0. The molecule has 0 bridgehead atoms. The van der Waals surface area contributed by atoms with Crippen molar-refractivity contribution in [2.75, 3.05) is 10.0 Å². The van der Waals surface area contributed by atoms with Gasteiger partial charge in [-0.3, -0.25) is 9.59 Å². The van der Waals surface area contributed by atoms with Crippen LogP contribution in [0.25, 0.3) is 10.9 Å². The average Bonchev–Trinajstić information content (AvgIpc) is 3.28. The normalized spacial score (nSPS) is 12.1. The number of aryl methyl sites for hydroxylation is 1. The fraction of sp³-hybridized carbons (Fsp3) is 0.182. The number of hydrogen-bond donors (Lipinski definition) is 2. The van der Waals surface area contributed by atoms with Crippen LogP contribution in [-0.4, -0.2) is 21.2 Å². The monoisotopic (exact) mass is 491 g/mol. The minimum atomic E-state index is -4.41. The molecule has 170 valence electrons. The fourth-order valence-corrected chi connectivity index (χ4v) is 5.42. The van der Waals surface area contributed by atoms with Crippen molar-refractivity contribution in [3.8, 4) is 0 Å². The van der Waals surface area contributed by atoms with Crippen molar-refractivity contribution in [3.05, 3.63) is 75.2 Å². The Labute approximate surface area is 193 Å². The summed E-state index contributed by atoms with van der Waals surface area (Å²) in [6.07, 6.45) is -4.18. The smallest absolute Gasteiger partial charge is 0.312 e. The van der Waals surface area contributed by atoms with Gasteiger partial charge in [0.05, 0.1) is 21.7 Å². The van der Waals surface area contributed by atoms with E-state index in [0.29, 0.717) is 32.3 Å². The molecular formula is C22H18F3N4O2S2+. The zero-order valence-corrected chi connectivity index (χ0v) is 19.1. The summed E-state index contributed by atoms with van der Waals surface area (Å²) in [5.41, 5.74) is 1.38. The molecule has 2 aromatic heterocycles. The number of thiazole rings is 1. The van der Waals surface area contributed by atoms with E-state index in [4.69, 9.17) is 0 Å². The van der Waals surface area contributed by atoms with E-state index >= 15 is 0 Å². The quantitative estimate of drug-likeness (QED) is 0.351. The first-order valence-corrected chi connectivity index (χ1v) is 11.8. The molecule has 6 nitrogen and oxygen atoms in total. The molecular weight excluding hydrogens is 473 g/mol. The highest BCUT2D eigenvalue weighted by Crippen LogP contribution is 2.31. The molecule has 1 unspecified atom stereocenters. The van der Waals surface area contributed by atoms with Crippen molar-refractivity contribution in [1.82, 2.24) is 9.36 Å². The highest BCUT2D eigenvalue weighted by atomic mass is 32.2. The van der Waals surface area contributed by atoms with Crippen molar-refractivity contribution in [3.63, 3.8) is 0 Å². The molecule has 1 atom stereocenters. The largest absolute Gasteiger partial charge is 0.416 e. The van der Waals surface area contributed by atoms with Crippen LogP contribution in [0.3, 0.4) is 0 Å². The number of alkyl halides is 3. The fourth-order valence-electron chi connectivity index (χ4n) is 3.17. The lowest BCUT2D eigenvalue weighted by atomic mass is 10.1. The van der Waals surface area contributed by atoms with Gasteiger partial charge in [0.25, 0.3) is 11.8 Å². The van der Waals surface area contributed by atoms with Crippen molar-refractivity contribution in [1.29, 1.82) is 0 Å². The Morgan fingerprint density at radius 2 is 1.94 bits per heavy atom. The van der Waals surface area contributed by atoms with Gasteiger partial charge in [-0.05, 0) is 41.1 Å². The van der Waals surface area contributed by atoms with E-state index < -0.39 is 22.6 Å². The minimum Gasteiger partial charge on any atom is -0.312 e. The van der Waals surface area contributed by atoms with Crippen LogP contribution in [0.5, 0.6) is 0 Å². The van der Waals surface area contributed by atoms with Gasteiger partial charge in [-0.25, -0.2) is 4.98 Å². The Morgan fingerprint density at radius 1 is 1.15 bits per heavy atom. The zero-order valence-electron chi connectivity index (χ0n) is 17.5. The third-order valence-corrected chi connectivity index (χ3v) is 7.09. The van der Waals surface area contributed by atoms with Gasteiger partial charge < -0.3 is 5.32 Å². The number of fused-ring (bicyclic) bond motifs is 1. The molecule has 0 saturated carbocycles. The Hall–Kier alpha value is -3.31. The standard InChI is InChI=1S/C22H17F3N4O2S2/c1-12-21(32-19(26-12)9-14-4-3-5-17(8-14)22(23,24)25)27-20(31)15-6-7-16-11-33(28-13(2)30)29-18(16)10-15/h3-8,10-11H,9H2,1-2H3,(H,27,31)/p+1. The number of amides is 2. The lowest BCUT2D eigenvalue weighted by molar-refractivity contribution is -0.137. The SMILES string of the molecule is CC(=O)N[s+]1cc2ccc(C(=O)Nc3sc(Cc4cccc(C(F)(F)F)c4)nc3C)cc2n1.